The van der Waals surface area contributed by atoms with Crippen molar-refractivity contribution in [1.29, 1.82) is 0 Å². The lowest BCUT2D eigenvalue weighted by Crippen LogP contribution is -2.27. The third kappa shape index (κ3) is 5.57. The van der Waals surface area contributed by atoms with Gasteiger partial charge in [-0.3, -0.25) is 4.79 Å². The molecule has 154 valence electrons. The van der Waals surface area contributed by atoms with E-state index in [0.717, 1.165) is 11.1 Å². The second-order valence-corrected chi connectivity index (χ2v) is 6.72. The Morgan fingerprint density at radius 3 is 2.33 bits per heavy atom. The van der Waals surface area contributed by atoms with Crippen LogP contribution >= 0.6 is 0 Å². The van der Waals surface area contributed by atoms with E-state index in [1.54, 1.807) is 60.7 Å². The van der Waals surface area contributed by atoms with Gasteiger partial charge in [0.2, 0.25) is 0 Å². The van der Waals surface area contributed by atoms with E-state index in [9.17, 15) is 14.0 Å². The maximum Gasteiger partial charge on any atom is 0.316 e. The van der Waals surface area contributed by atoms with Crippen LogP contribution in [0.1, 0.15) is 34.5 Å². The largest absolute Gasteiger partial charge is 0.488 e. The molecule has 4 N–H and O–H groups in total. The molecule has 1 unspecified atom stereocenters. The van der Waals surface area contributed by atoms with E-state index < -0.39 is 6.03 Å². The second-order valence-electron chi connectivity index (χ2n) is 6.72. The highest BCUT2D eigenvalue weighted by Crippen LogP contribution is 2.22. The summed E-state index contributed by atoms with van der Waals surface area (Å²) < 4.78 is 18.8. The molecule has 0 fully saturated rings. The Balaban J connectivity index is 1.66. The van der Waals surface area contributed by atoms with Crippen LogP contribution in [0.3, 0.4) is 0 Å². The highest BCUT2D eigenvalue weighted by atomic mass is 19.1. The molecule has 0 spiro atoms. The molecule has 0 bridgehead atoms. The SMILES string of the molecule is CC(NC(=O)c1ccccc1OCc1ccc(F)cc1)c1ccc(NC(N)=O)cc1. The Bertz CT molecular complexity index is 1020. The van der Waals surface area contributed by atoms with Gasteiger partial charge in [-0.2, -0.15) is 0 Å². The summed E-state index contributed by atoms with van der Waals surface area (Å²) in [7, 11) is 0. The fourth-order valence-corrected chi connectivity index (χ4v) is 2.88. The maximum absolute atomic E-state index is 13.0. The molecule has 6 nitrogen and oxygen atoms in total. The number of amides is 3. The number of primary amides is 1. The molecule has 3 rings (SSSR count). The van der Waals surface area contributed by atoms with Gasteiger partial charge in [0.15, 0.2) is 0 Å². The van der Waals surface area contributed by atoms with E-state index in [2.05, 4.69) is 10.6 Å². The van der Waals surface area contributed by atoms with Crippen molar-refractivity contribution in [3.63, 3.8) is 0 Å². The molecule has 0 heterocycles. The van der Waals surface area contributed by atoms with Crippen molar-refractivity contribution in [2.45, 2.75) is 19.6 Å². The van der Waals surface area contributed by atoms with Gasteiger partial charge in [0.05, 0.1) is 11.6 Å². The molecule has 0 aliphatic carbocycles. The van der Waals surface area contributed by atoms with Crippen molar-refractivity contribution in [2.75, 3.05) is 5.32 Å². The lowest BCUT2D eigenvalue weighted by atomic mass is 10.1. The van der Waals surface area contributed by atoms with Gasteiger partial charge in [-0.25, -0.2) is 9.18 Å². The van der Waals surface area contributed by atoms with Gasteiger partial charge in [0.1, 0.15) is 18.2 Å². The number of nitrogens with two attached hydrogens (primary N) is 1. The van der Waals surface area contributed by atoms with Crippen LogP contribution in [0.25, 0.3) is 0 Å². The Labute approximate surface area is 173 Å². The van der Waals surface area contributed by atoms with E-state index in [-0.39, 0.29) is 24.4 Å². The molecular formula is C23H22FN3O3. The van der Waals surface area contributed by atoms with E-state index in [1.807, 2.05) is 6.92 Å². The van der Waals surface area contributed by atoms with Gasteiger partial charge < -0.3 is 21.1 Å². The molecule has 0 saturated heterocycles. The first-order valence-corrected chi connectivity index (χ1v) is 9.36. The van der Waals surface area contributed by atoms with Gasteiger partial charge in [-0.15, -0.1) is 0 Å². The van der Waals surface area contributed by atoms with E-state index in [1.165, 1.54) is 12.1 Å². The molecule has 30 heavy (non-hydrogen) atoms. The van der Waals surface area contributed by atoms with Crippen LogP contribution in [0.15, 0.2) is 72.8 Å². The third-order valence-corrected chi connectivity index (χ3v) is 4.47. The number of para-hydroxylation sites is 1. The third-order valence-electron chi connectivity index (χ3n) is 4.47. The average Bonchev–Trinajstić information content (AvgIpc) is 2.73. The van der Waals surface area contributed by atoms with Crippen molar-refractivity contribution in [3.8, 4) is 5.75 Å². The lowest BCUT2D eigenvalue weighted by molar-refractivity contribution is 0.0935. The molecule has 1 atom stereocenters. The van der Waals surface area contributed by atoms with Gasteiger partial charge >= 0.3 is 6.03 Å². The van der Waals surface area contributed by atoms with Crippen LogP contribution < -0.4 is 21.1 Å². The number of anilines is 1. The van der Waals surface area contributed by atoms with Gasteiger partial charge in [-0.1, -0.05) is 36.4 Å². The maximum atomic E-state index is 13.0. The first kappa shape index (κ1) is 20.9. The number of halogens is 1. The molecular weight excluding hydrogens is 385 g/mol. The van der Waals surface area contributed by atoms with Gasteiger partial charge in [0.25, 0.3) is 5.91 Å². The smallest absolute Gasteiger partial charge is 0.316 e. The summed E-state index contributed by atoms with van der Waals surface area (Å²) in [5.74, 6) is -0.157. The Kier molecular flexibility index (Phi) is 6.64. The first-order chi connectivity index (χ1) is 14.4. The Hall–Kier alpha value is -3.87. The minimum atomic E-state index is -0.638. The summed E-state index contributed by atoms with van der Waals surface area (Å²) in [4.78, 5) is 23.7. The number of ether oxygens (including phenoxy) is 1. The van der Waals surface area contributed by atoms with Crippen LogP contribution in [0.2, 0.25) is 0 Å². The summed E-state index contributed by atoms with van der Waals surface area (Å²) >= 11 is 0. The van der Waals surface area contributed by atoms with Crippen LogP contribution in [0.4, 0.5) is 14.9 Å². The number of hydrogen-bond acceptors (Lipinski definition) is 3. The van der Waals surface area contributed by atoms with Crippen molar-refractivity contribution in [1.82, 2.24) is 5.32 Å². The number of hydrogen-bond donors (Lipinski definition) is 3. The van der Waals surface area contributed by atoms with Crippen molar-refractivity contribution in [3.05, 3.63) is 95.3 Å². The Morgan fingerprint density at radius 1 is 1.00 bits per heavy atom. The van der Waals surface area contributed by atoms with Crippen molar-refractivity contribution in [2.24, 2.45) is 5.73 Å². The van der Waals surface area contributed by atoms with Crippen LogP contribution in [-0.4, -0.2) is 11.9 Å². The van der Waals surface area contributed by atoms with E-state index >= 15 is 0 Å². The molecule has 3 aromatic rings. The predicted octanol–water partition coefficient (Wildman–Crippen LogP) is 4.39. The normalized spacial score (nSPS) is 11.4. The first-order valence-electron chi connectivity index (χ1n) is 9.36. The standard InChI is InChI=1S/C23H22FN3O3/c1-15(17-8-12-19(13-9-17)27-23(25)29)26-22(28)20-4-2-3-5-21(20)30-14-16-6-10-18(24)11-7-16/h2-13,15H,14H2,1H3,(H,26,28)(H3,25,27,29). The summed E-state index contributed by atoms with van der Waals surface area (Å²) in [5, 5.41) is 5.43. The summed E-state index contributed by atoms with van der Waals surface area (Å²) in [5.41, 5.74) is 7.73. The van der Waals surface area contributed by atoms with Crippen molar-refractivity contribution >= 4 is 17.6 Å². The molecule has 0 radical (unpaired) electrons. The predicted molar refractivity (Wildman–Crippen MR) is 113 cm³/mol. The number of benzene rings is 3. The molecule has 0 aliphatic rings. The zero-order valence-corrected chi connectivity index (χ0v) is 16.4. The highest BCUT2D eigenvalue weighted by Gasteiger charge is 2.16. The number of urea groups is 1. The molecule has 3 amide bonds. The zero-order chi connectivity index (χ0) is 21.5. The highest BCUT2D eigenvalue weighted by molar-refractivity contribution is 5.97. The zero-order valence-electron chi connectivity index (χ0n) is 16.4. The van der Waals surface area contributed by atoms with Crippen LogP contribution in [0.5, 0.6) is 5.75 Å². The molecule has 0 aromatic heterocycles. The summed E-state index contributed by atoms with van der Waals surface area (Å²) in [6.45, 7) is 2.07. The van der Waals surface area contributed by atoms with Crippen LogP contribution in [-0.2, 0) is 6.61 Å². The van der Waals surface area contributed by atoms with Crippen LogP contribution in [0, 0.1) is 5.82 Å². The topological polar surface area (TPSA) is 93.4 Å². The summed E-state index contributed by atoms with van der Waals surface area (Å²) in [6, 6.07) is 19.0. The Morgan fingerprint density at radius 2 is 1.67 bits per heavy atom. The fraction of sp³-hybridized carbons (Fsp3) is 0.130. The molecule has 0 aliphatic heterocycles. The molecule has 7 heteroatoms. The lowest BCUT2D eigenvalue weighted by Gasteiger charge is -2.17. The quantitative estimate of drug-likeness (QED) is 0.542. The average molecular weight is 407 g/mol. The van der Waals surface area contributed by atoms with Gasteiger partial charge in [0, 0.05) is 5.69 Å². The minimum Gasteiger partial charge on any atom is -0.488 e. The van der Waals surface area contributed by atoms with E-state index in [4.69, 9.17) is 10.5 Å². The number of nitrogens with one attached hydrogen (secondary N) is 2. The minimum absolute atomic E-state index is 0.217. The second kappa shape index (κ2) is 9.56. The number of rotatable bonds is 7. The molecule has 0 saturated carbocycles. The monoisotopic (exact) mass is 407 g/mol. The molecule has 3 aromatic carbocycles. The fourth-order valence-electron chi connectivity index (χ4n) is 2.88. The van der Waals surface area contributed by atoms with E-state index in [0.29, 0.717) is 17.0 Å². The van der Waals surface area contributed by atoms with Gasteiger partial charge in [-0.05, 0) is 54.4 Å². The van der Waals surface area contributed by atoms with Crippen molar-refractivity contribution < 1.29 is 18.7 Å². The summed E-state index contributed by atoms with van der Waals surface area (Å²) in [6.07, 6.45) is 0. The number of carbonyl (C=O) groups excluding carboxylic acids is 2. The number of carbonyl (C=O) groups is 2.